The minimum atomic E-state index is -4.34. The first kappa shape index (κ1) is 15.4. The topological polar surface area (TPSA) is 37.3 Å². The summed E-state index contributed by atoms with van der Waals surface area (Å²) in [5.41, 5.74) is 0.0809. The van der Waals surface area contributed by atoms with Gasteiger partial charge in [-0.1, -0.05) is 18.2 Å². The molecule has 0 amide bonds. The van der Waals surface area contributed by atoms with E-state index in [0.717, 1.165) is 17.0 Å². The zero-order valence-electron chi connectivity index (χ0n) is 10.7. The molecule has 0 saturated carbocycles. The number of hydrogen-bond acceptors (Lipinski definition) is 2. The van der Waals surface area contributed by atoms with Gasteiger partial charge in [0.2, 0.25) is 0 Å². The Labute approximate surface area is 123 Å². The quantitative estimate of drug-likeness (QED) is 0.832. The summed E-state index contributed by atoms with van der Waals surface area (Å²) in [6, 6.07) is 11.4. The number of aromatic carboxylic acids is 1. The molecule has 2 rings (SSSR count). The van der Waals surface area contributed by atoms with E-state index in [1.807, 2.05) is 0 Å². The van der Waals surface area contributed by atoms with Crippen LogP contribution in [0.4, 0.5) is 13.2 Å². The van der Waals surface area contributed by atoms with Crippen molar-refractivity contribution in [2.75, 3.05) is 0 Å². The predicted octanol–water partition coefficient (Wildman–Crippen LogP) is 4.70. The van der Waals surface area contributed by atoms with Crippen molar-refractivity contribution in [1.82, 2.24) is 0 Å². The molecule has 6 heteroatoms. The lowest BCUT2D eigenvalue weighted by molar-refractivity contribution is -0.137. The molecule has 1 N–H and O–H groups in total. The summed E-state index contributed by atoms with van der Waals surface area (Å²) in [5, 5.41) is 8.78. The van der Waals surface area contributed by atoms with Crippen LogP contribution < -0.4 is 0 Å². The van der Waals surface area contributed by atoms with Crippen molar-refractivity contribution in [3.05, 3.63) is 65.2 Å². The van der Waals surface area contributed by atoms with E-state index >= 15 is 0 Å². The van der Waals surface area contributed by atoms with Crippen molar-refractivity contribution in [3.8, 4) is 0 Å². The molecule has 0 aliphatic heterocycles. The molecule has 2 aromatic rings. The van der Waals surface area contributed by atoms with Gasteiger partial charge in [0.15, 0.2) is 0 Å². The Morgan fingerprint density at radius 1 is 1.10 bits per heavy atom. The molecule has 0 heterocycles. The highest BCUT2D eigenvalue weighted by Crippen LogP contribution is 2.31. The van der Waals surface area contributed by atoms with Gasteiger partial charge in [0, 0.05) is 10.6 Å². The average molecular weight is 312 g/mol. The van der Waals surface area contributed by atoms with Crippen molar-refractivity contribution in [1.29, 1.82) is 0 Å². The van der Waals surface area contributed by atoms with Gasteiger partial charge in [-0.25, -0.2) is 4.79 Å². The molecule has 0 saturated heterocycles. The second-order valence-electron chi connectivity index (χ2n) is 4.32. The number of thioether (sulfide) groups is 1. The molecule has 0 aliphatic carbocycles. The summed E-state index contributed by atoms with van der Waals surface area (Å²) in [7, 11) is 0. The minimum absolute atomic E-state index is 0.179. The molecular formula is C15H11F3O2S. The molecule has 0 bridgehead atoms. The molecule has 0 aliphatic rings. The van der Waals surface area contributed by atoms with Crippen LogP contribution >= 0.6 is 11.8 Å². The summed E-state index contributed by atoms with van der Waals surface area (Å²) >= 11 is 1.35. The molecule has 110 valence electrons. The number of halogens is 3. The van der Waals surface area contributed by atoms with Crippen LogP contribution in [0.1, 0.15) is 21.5 Å². The fourth-order valence-electron chi connectivity index (χ4n) is 1.70. The molecule has 0 fully saturated rings. The number of carboxylic acids is 1. The molecule has 0 aromatic heterocycles. The van der Waals surface area contributed by atoms with Gasteiger partial charge < -0.3 is 5.11 Å². The Bertz CT molecular complexity index is 636. The number of benzene rings is 2. The van der Waals surface area contributed by atoms with Crippen molar-refractivity contribution >= 4 is 17.7 Å². The monoisotopic (exact) mass is 312 g/mol. The van der Waals surface area contributed by atoms with Crippen LogP contribution in [0.15, 0.2) is 53.4 Å². The second kappa shape index (κ2) is 6.22. The van der Waals surface area contributed by atoms with Gasteiger partial charge in [-0.05, 0) is 35.9 Å². The Hall–Kier alpha value is -1.95. The van der Waals surface area contributed by atoms with Crippen LogP contribution in [0.5, 0.6) is 0 Å². The highest BCUT2D eigenvalue weighted by molar-refractivity contribution is 7.98. The van der Waals surface area contributed by atoms with Gasteiger partial charge in [-0.2, -0.15) is 13.2 Å². The number of rotatable bonds is 4. The van der Waals surface area contributed by atoms with E-state index in [9.17, 15) is 18.0 Å². The molecule has 0 unspecified atom stereocenters. The highest BCUT2D eigenvalue weighted by atomic mass is 32.2. The van der Waals surface area contributed by atoms with E-state index in [2.05, 4.69) is 0 Å². The smallest absolute Gasteiger partial charge is 0.416 e. The molecule has 0 spiro atoms. The minimum Gasteiger partial charge on any atom is -0.478 e. The standard InChI is InChI=1S/C15H11F3O2S/c16-15(17,18)12-3-1-2-10(8-12)9-21-13-6-4-11(5-7-13)14(19)20/h1-8H,9H2,(H,19,20). The maximum atomic E-state index is 12.6. The first-order chi connectivity index (χ1) is 9.86. The normalized spacial score (nSPS) is 11.4. The lowest BCUT2D eigenvalue weighted by atomic mass is 10.1. The predicted molar refractivity (Wildman–Crippen MR) is 74.4 cm³/mol. The Morgan fingerprint density at radius 3 is 2.33 bits per heavy atom. The second-order valence-corrected chi connectivity index (χ2v) is 5.37. The maximum Gasteiger partial charge on any atom is 0.416 e. The van der Waals surface area contributed by atoms with Gasteiger partial charge in [0.25, 0.3) is 0 Å². The van der Waals surface area contributed by atoms with Gasteiger partial charge >= 0.3 is 12.1 Å². The van der Waals surface area contributed by atoms with E-state index < -0.39 is 17.7 Å². The Kier molecular flexibility index (Phi) is 4.57. The lowest BCUT2D eigenvalue weighted by Crippen LogP contribution is -2.04. The summed E-state index contributed by atoms with van der Waals surface area (Å²) in [6.45, 7) is 0. The van der Waals surface area contributed by atoms with Crippen LogP contribution in [0.2, 0.25) is 0 Å². The highest BCUT2D eigenvalue weighted by Gasteiger charge is 2.30. The third kappa shape index (κ3) is 4.26. The molecule has 2 nitrogen and oxygen atoms in total. The third-order valence-electron chi connectivity index (χ3n) is 2.76. The van der Waals surface area contributed by atoms with Crippen molar-refractivity contribution in [2.45, 2.75) is 16.8 Å². The lowest BCUT2D eigenvalue weighted by Gasteiger charge is -2.08. The van der Waals surface area contributed by atoms with E-state index in [1.165, 1.54) is 30.0 Å². The number of carbonyl (C=O) groups is 1. The first-order valence-electron chi connectivity index (χ1n) is 5.98. The third-order valence-corrected chi connectivity index (χ3v) is 3.84. The number of alkyl halides is 3. The van der Waals surface area contributed by atoms with Crippen LogP contribution in [0, 0.1) is 0 Å². The van der Waals surface area contributed by atoms with Crippen LogP contribution in [-0.4, -0.2) is 11.1 Å². The van der Waals surface area contributed by atoms with Crippen LogP contribution in [0.3, 0.4) is 0 Å². The molecule has 0 atom stereocenters. The summed E-state index contributed by atoms with van der Waals surface area (Å²) in [6.07, 6.45) is -4.34. The van der Waals surface area contributed by atoms with Crippen molar-refractivity contribution < 1.29 is 23.1 Å². The van der Waals surface area contributed by atoms with Gasteiger partial charge in [-0.3, -0.25) is 0 Å². The SMILES string of the molecule is O=C(O)c1ccc(SCc2cccc(C(F)(F)F)c2)cc1. The average Bonchev–Trinajstić information content (AvgIpc) is 2.45. The summed E-state index contributed by atoms with van der Waals surface area (Å²) < 4.78 is 37.8. The zero-order chi connectivity index (χ0) is 15.5. The van der Waals surface area contributed by atoms with Gasteiger partial charge in [0.1, 0.15) is 0 Å². The largest absolute Gasteiger partial charge is 0.478 e. The number of hydrogen-bond donors (Lipinski definition) is 1. The fourth-order valence-corrected chi connectivity index (χ4v) is 2.54. The Balaban J connectivity index is 2.04. The van der Waals surface area contributed by atoms with Crippen molar-refractivity contribution in [2.24, 2.45) is 0 Å². The van der Waals surface area contributed by atoms with E-state index in [1.54, 1.807) is 18.2 Å². The van der Waals surface area contributed by atoms with E-state index in [0.29, 0.717) is 11.3 Å². The molecule has 0 radical (unpaired) electrons. The van der Waals surface area contributed by atoms with Crippen LogP contribution in [-0.2, 0) is 11.9 Å². The Morgan fingerprint density at radius 2 is 1.76 bits per heavy atom. The zero-order valence-corrected chi connectivity index (χ0v) is 11.5. The number of carboxylic acid groups (broad SMARTS) is 1. The summed E-state index contributed by atoms with van der Waals surface area (Å²) in [5.74, 6) is -0.625. The van der Waals surface area contributed by atoms with Gasteiger partial charge in [-0.15, -0.1) is 11.8 Å². The molecule has 21 heavy (non-hydrogen) atoms. The maximum absolute atomic E-state index is 12.6. The summed E-state index contributed by atoms with van der Waals surface area (Å²) in [4.78, 5) is 11.5. The van der Waals surface area contributed by atoms with Crippen LogP contribution in [0.25, 0.3) is 0 Å². The first-order valence-corrected chi connectivity index (χ1v) is 6.97. The molecular weight excluding hydrogens is 301 g/mol. The van der Waals surface area contributed by atoms with Gasteiger partial charge in [0.05, 0.1) is 11.1 Å². The van der Waals surface area contributed by atoms with Crippen molar-refractivity contribution in [3.63, 3.8) is 0 Å². The molecule has 2 aromatic carbocycles. The fraction of sp³-hybridized carbons (Fsp3) is 0.133. The van der Waals surface area contributed by atoms with E-state index in [4.69, 9.17) is 5.11 Å². The van der Waals surface area contributed by atoms with E-state index in [-0.39, 0.29) is 5.56 Å².